The lowest BCUT2D eigenvalue weighted by Gasteiger charge is -2.10. The molecule has 0 spiro atoms. The Labute approximate surface area is 158 Å². The van der Waals surface area contributed by atoms with E-state index < -0.39 is 0 Å². The van der Waals surface area contributed by atoms with Crippen molar-refractivity contribution in [3.63, 3.8) is 0 Å². The van der Waals surface area contributed by atoms with Crippen molar-refractivity contribution in [1.29, 1.82) is 0 Å². The summed E-state index contributed by atoms with van der Waals surface area (Å²) < 4.78 is 0. The van der Waals surface area contributed by atoms with Crippen LogP contribution in [0.4, 0.5) is 5.69 Å². The zero-order valence-electron chi connectivity index (χ0n) is 15.5. The van der Waals surface area contributed by atoms with Gasteiger partial charge >= 0.3 is 0 Å². The standard InChI is InChI=1S/C22H23N3O2/c1-15(2)24-20(26)13-16-8-10-19(11-9-16)25-21(27)14-18-6-3-5-17-7-4-12-23-22(17)18/h3-12,15H,13-14H2,1-2H3,(H,24,26)(H,25,27). The molecule has 5 heteroatoms. The van der Waals surface area contributed by atoms with Crippen LogP contribution in [0.15, 0.2) is 60.8 Å². The SMILES string of the molecule is CC(C)NC(=O)Cc1ccc(NC(=O)Cc2cccc3cccnc23)cc1. The van der Waals surface area contributed by atoms with Crippen molar-refractivity contribution in [3.8, 4) is 0 Å². The first-order chi connectivity index (χ1) is 13.0. The molecule has 1 aromatic heterocycles. The normalized spacial score (nSPS) is 10.8. The minimum atomic E-state index is -0.0987. The number of hydrogen-bond donors (Lipinski definition) is 2. The highest BCUT2D eigenvalue weighted by atomic mass is 16.2. The van der Waals surface area contributed by atoms with Gasteiger partial charge in [-0.3, -0.25) is 14.6 Å². The van der Waals surface area contributed by atoms with Gasteiger partial charge in [0, 0.05) is 23.3 Å². The van der Waals surface area contributed by atoms with Gasteiger partial charge in [0.15, 0.2) is 0 Å². The van der Waals surface area contributed by atoms with E-state index in [1.165, 1.54) is 0 Å². The van der Waals surface area contributed by atoms with Gasteiger partial charge in [-0.1, -0.05) is 36.4 Å². The van der Waals surface area contributed by atoms with E-state index in [1.807, 2.05) is 68.4 Å². The molecule has 2 aromatic carbocycles. The maximum atomic E-state index is 12.4. The number of nitrogens with zero attached hydrogens (tertiary/aromatic N) is 1. The molecule has 0 bridgehead atoms. The molecule has 1 heterocycles. The molecule has 2 amide bonds. The molecule has 138 valence electrons. The molecule has 27 heavy (non-hydrogen) atoms. The van der Waals surface area contributed by atoms with Crippen molar-refractivity contribution in [2.45, 2.75) is 32.7 Å². The topological polar surface area (TPSA) is 71.1 Å². The summed E-state index contributed by atoms with van der Waals surface area (Å²) in [6.07, 6.45) is 2.32. The maximum absolute atomic E-state index is 12.4. The van der Waals surface area contributed by atoms with Crippen LogP contribution in [0.25, 0.3) is 10.9 Å². The van der Waals surface area contributed by atoms with Crippen molar-refractivity contribution in [1.82, 2.24) is 10.3 Å². The van der Waals surface area contributed by atoms with E-state index >= 15 is 0 Å². The third kappa shape index (κ3) is 5.14. The van der Waals surface area contributed by atoms with E-state index in [4.69, 9.17) is 0 Å². The quantitative estimate of drug-likeness (QED) is 0.706. The second-order valence-corrected chi connectivity index (χ2v) is 6.81. The highest BCUT2D eigenvalue weighted by Crippen LogP contribution is 2.17. The van der Waals surface area contributed by atoms with Gasteiger partial charge in [0.05, 0.1) is 18.4 Å². The van der Waals surface area contributed by atoms with Crippen LogP contribution in [0.2, 0.25) is 0 Å². The summed E-state index contributed by atoms with van der Waals surface area (Å²) in [6, 6.07) is 17.2. The van der Waals surface area contributed by atoms with Gasteiger partial charge in [-0.15, -0.1) is 0 Å². The van der Waals surface area contributed by atoms with Gasteiger partial charge in [0.1, 0.15) is 0 Å². The van der Waals surface area contributed by atoms with E-state index in [2.05, 4.69) is 15.6 Å². The molecule has 0 aliphatic rings. The van der Waals surface area contributed by atoms with Crippen LogP contribution in [0.3, 0.4) is 0 Å². The van der Waals surface area contributed by atoms with Crippen molar-refractivity contribution in [2.75, 3.05) is 5.32 Å². The van der Waals surface area contributed by atoms with Crippen LogP contribution in [0.1, 0.15) is 25.0 Å². The van der Waals surface area contributed by atoms with Gasteiger partial charge in [0.25, 0.3) is 0 Å². The van der Waals surface area contributed by atoms with Crippen LogP contribution in [0, 0.1) is 0 Å². The number of anilines is 1. The molecule has 0 aliphatic carbocycles. The molecule has 2 N–H and O–H groups in total. The fourth-order valence-corrected chi connectivity index (χ4v) is 2.95. The summed E-state index contributed by atoms with van der Waals surface area (Å²) >= 11 is 0. The van der Waals surface area contributed by atoms with Gasteiger partial charge in [0.2, 0.25) is 11.8 Å². The number of nitrogens with one attached hydrogen (secondary N) is 2. The monoisotopic (exact) mass is 361 g/mol. The molecule has 0 atom stereocenters. The third-order valence-corrected chi connectivity index (χ3v) is 4.12. The van der Waals surface area contributed by atoms with E-state index in [0.29, 0.717) is 12.1 Å². The molecule has 0 radical (unpaired) electrons. The Kier molecular flexibility index (Phi) is 5.81. The first-order valence-electron chi connectivity index (χ1n) is 9.02. The number of pyridine rings is 1. The number of hydrogen-bond acceptors (Lipinski definition) is 3. The fraction of sp³-hybridized carbons (Fsp3) is 0.227. The smallest absolute Gasteiger partial charge is 0.228 e. The number of fused-ring (bicyclic) bond motifs is 1. The number of para-hydroxylation sites is 1. The summed E-state index contributed by atoms with van der Waals surface area (Å²) in [5, 5.41) is 6.79. The van der Waals surface area contributed by atoms with Crippen LogP contribution in [-0.4, -0.2) is 22.8 Å². The summed E-state index contributed by atoms with van der Waals surface area (Å²) in [7, 11) is 0. The van der Waals surface area contributed by atoms with Crippen molar-refractivity contribution in [2.24, 2.45) is 0 Å². The first kappa shape index (κ1) is 18.6. The van der Waals surface area contributed by atoms with E-state index in [1.54, 1.807) is 6.20 Å². The van der Waals surface area contributed by atoms with Crippen molar-refractivity contribution in [3.05, 3.63) is 71.9 Å². The molecule has 0 unspecified atom stereocenters. The zero-order chi connectivity index (χ0) is 19.2. The number of aromatic nitrogens is 1. The molecular formula is C22H23N3O2. The molecule has 0 fully saturated rings. The average Bonchev–Trinajstić information content (AvgIpc) is 2.63. The van der Waals surface area contributed by atoms with Gasteiger partial charge in [-0.05, 0) is 43.2 Å². The molecule has 3 aromatic rings. The Balaban J connectivity index is 1.61. The average molecular weight is 361 g/mol. The summed E-state index contributed by atoms with van der Waals surface area (Å²) in [4.78, 5) is 28.6. The molecule has 0 saturated carbocycles. The molecule has 3 rings (SSSR count). The number of rotatable bonds is 6. The van der Waals surface area contributed by atoms with E-state index in [0.717, 1.165) is 22.0 Å². The molecule has 0 aliphatic heterocycles. The Morgan fingerprint density at radius 2 is 1.67 bits per heavy atom. The Morgan fingerprint density at radius 3 is 2.41 bits per heavy atom. The number of carbonyl (C=O) groups excluding carboxylic acids is 2. The Morgan fingerprint density at radius 1 is 0.926 bits per heavy atom. The molecular weight excluding hydrogens is 338 g/mol. The predicted octanol–water partition coefficient (Wildman–Crippen LogP) is 3.48. The maximum Gasteiger partial charge on any atom is 0.228 e. The fourth-order valence-electron chi connectivity index (χ4n) is 2.95. The Bertz CT molecular complexity index is 944. The second-order valence-electron chi connectivity index (χ2n) is 6.81. The zero-order valence-corrected chi connectivity index (χ0v) is 15.5. The van der Waals surface area contributed by atoms with Gasteiger partial charge in [-0.2, -0.15) is 0 Å². The lowest BCUT2D eigenvalue weighted by Crippen LogP contribution is -2.31. The minimum Gasteiger partial charge on any atom is -0.354 e. The van der Waals surface area contributed by atoms with Crippen LogP contribution >= 0.6 is 0 Å². The predicted molar refractivity (Wildman–Crippen MR) is 108 cm³/mol. The number of carbonyl (C=O) groups is 2. The number of amides is 2. The Hall–Kier alpha value is -3.21. The van der Waals surface area contributed by atoms with Gasteiger partial charge in [-0.25, -0.2) is 0 Å². The van der Waals surface area contributed by atoms with Crippen molar-refractivity contribution >= 4 is 28.4 Å². The lowest BCUT2D eigenvalue weighted by molar-refractivity contribution is -0.121. The van der Waals surface area contributed by atoms with E-state index in [-0.39, 0.29) is 24.3 Å². The minimum absolute atomic E-state index is 0.00904. The van der Waals surface area contributed by atoms with Gasteiger partial charge < -0.3 is 10.6 Å². The number of benzene rings is 2. The van der Waals surface area contributed by atoms with E-state index in [9.17, 15) is 9.59 Å². The summed E-state index contributed by atoms with van der Waals surface area (Å²) in [5.74, 6) is -0.108. The first-order valence-corrected chi connectivity index (χ1v) is 9.02. The second kappa shape index (κ2) is 8.45. The summed E-state index contributed by atoms with van der Waals surface area (Å²) in [6.45, 7) is 3.87. The highest BCUT2D eigenvalue weighted by Gasteiger charge is 2.09. The summed E-state index contributed by atoms with van der Waals surface area (Å²) in [5.41, 5.74) is 3.36. The van der Waals surface area contributed by atoms with Crippen LogP contribution in [-0.2, 0) is 22.4 Å². The molecule has 5 nitrogen and oxygen atoms in total. The van der Waals surface area contributed by atoms with Crippen molar-refractivity contribution < 1.29 is 9.59 Å². The van der Waals surface area contributed by atoms with Crippen LogP contribution < -0.4 is 10.6 Å². The highest BCUT2D eigenvalue weighted by molar-refractivity contribution is 5.95. The molecule has 0 saturated heterocycles. The van der Waals surface area contributed by atoms with Crippen LogP contribution in [0.5, 0.6) is 0 Å². The lowest BCUT2D eigenvalue weighted by atomic mass is 10.1. The third-order valence-electron chi connectivity index (χ3n) is 4.12. The largest absolute Gasteiger partial charge is 0.354 e.